The van der Waals surface area contributed by atoms with E-state index < -0.39 is 16.1 Å². The van der Waals surface area contributed by atoms with Crippen LogP contribution in [0.1, 0.15) is 44.6 Å². The van der Waals surface area contributed by atoms with Gasteiger partial charge in [-0.3, -0.25) is 14.5 Å². The van der Waals surface area contributed by atoms with Gasteiger partial charge in [0.2, 0.25) is 5.91 Å². The Morgan fingerprint density at radius 1 is 1.37 bits per heavy atom. The van der Waals surface area contributed by atoms with Crippen LogP contribution in [-0.4, -0.2) is 45.3 Å². The summed E-state index contributed by atoms with van der Waals surface area (Å²) in [5.74, 6) is 0.127. The van der Waals surface area contributed by atoms with Gasteiger partial charge in [-0.2, -0.15) is 0 Å². The topological polar surface area (TPSA) is 99.7 Å². The molecule has 2 heterocycles. The Morgan fingerprint density at radius 2 is 2.15 bits per heavy atom. The highest BCUT2D eigenvalue weighted by molar-refractivity contribution is 7.90. The van der Waals surface area contributed by atoms with Crippen LogP contribution < -0.4 is 15.4 Å². The Labute approximate surface area is 166 Å². The first-order valence-electron chi connectivity index (χ1n) is 9.22. The van der Waals surface area contributed by atoms with Crippen LogP contribution in [0.4, 0.5) is 0 Å². The van der Waals surface area contributed by atoms with Crippen LogP contribution in [0.5, 0.6) is 0 Å². The number of rotatable bonds is 6. The molecule has 1 saturated heterocycles. The van der Waals surface area contributed by atoms with E-state index in [2.05, 4.69) is 27.3 Å². The van der Waals surface area contributed by atoms with Gasteiger partial charge in [0.15, 0.2) is 0 Å². The maximum Gasteiger partial charge on any atom is 0.263 e. The SMILES string of the molecule is CCCCC(N=C1NS(=O)(=O)c2ccccc21)C(=O)NC1CCCNC1.Cl. The van der Waals surface area contributed by atoms with Crippen molar-refractivity contribution in [3.63, 3.8) is 0 Å². The summed E-state index contributed by atoms with van der Waals surface area (Å²) in [4.78, 5) is 17.5. The molecule has 0 aromatic heterocycles. The summed E-state index contributed by atoms with van der Waals surface area (Å²) >= 11 is 0. The van der Waals surface area contributed by atoms with Crippen LogP contribution >= 0.6 is 12.4 Å². The minimum atomic E-state index is -3.60. The van der Waals surface area contributed by atoms with Gasteiger partial charge in [-0.15, -0.1) is 12.4 Å². The molecule has 0 saturated carbocycles. The number of hydrogen-bond donors (Lipinski definition) is 3. The largest absolute Gasteiger partial charge is 0.350 e. The summed E-state index contributed by atoms with van der Waals surface area (Å²) in [6.45, 7) is 3.80. The number of amidine groups is 1. The van der Waals surface area contributed by atoms with E-state index in [1.807, 2.05) is 0 Å². The molecule has 0 bridgehead atoms. The van der Waals surface area contributed by atoms with Crippen LogP contribution in [0, 0.1) is 0 Å². The van der Waals surface area contributed by atoms with Crippen molar-refractivity contribution in [2.45, 2.75) is 56.0 Å². The van der Waals surface area contributed by atoms with E-state index >= 15 is 0 Å². The average molecular weight is 415 g/mol. The second-order valence-electron chi connectivity index (χ2n) is 6.79. The van der Waals surface area contributed by atoms with Gasteiger partial charge < -0.3 is 10.6 Å². The molecule has 0 aliphatic carbocycles. The van der Waals surface area contributed by atoms with Crippen LogP contribution in [-0.2, 0) is 14.8 Å². The molecule has 0 spiro atoms. The number of amides is 1. The number of hydrogen-bond acceptors (Lipinski definition) is 5. The summed E-state index contributed by atoms with van der Waals surface area (Å²) in [6, 6.07) is 6.22. The zero-order valence-electron chi connectivity index (χ0n) is 15.4. The predicted molar refractivity (Wildman–Crippen MR) is 108 cm³/mol. The molecule has 1 amide bonds. The smallest absolute Gasteiger partial charge is 0.263 e. The summed E-state index contributed by atoms with van der Waals surface area (Å²) < 4.78 is 27.0. The van der Waals surface area contributed by atoms with Crippen LogP contribution in [0.3, 0.4) is 0 Å². The second kappa shape index (κ2) is 9.52. The standard InChI is InChI=1S/C18H26N4O3S.ClH/c1-2-3-9-15(18(23)20-13-7-6-11-19-12-13)21-17-14-8-4-5-10-16(14)26(24,25)22-17;/h4-5,8,10,13,15,19H,2-3,6-7,9,11-12H2,1H3,(H,20,23)(H,21,22);1H. The lowest BCUT2D eigenvalue weighted by Gasteiger charge is -2.25. The molecule has 1 aromatic carbocycles. The van der Waals surface area contributed by atoms with E-state index in [1.54, 1.807) is 24.3 Å². The van der Waals surface area contributed by atoms with Crippen molar-refractivity contribution in [1.29, 1.82) is 0 Å². The van der Waals surface area contributed by atoms with E-state index in [-0.39, 0.29) is 35.1 Å². The molecule has 27 heavy (non-hydrogen) atoms. The molecule has 3 rings (SSSR count). The third kappa shape index (κ3) is 5.21. The number of unbranched alkanes of at least 4 members (excludes halogenated alkanes) is 1. The Kier molecular flexibility index (Phi) is 7.64. The molecule has 2 aliphatic rings. The summed E-state index contributed by atoms with van der Waals surface area (Å²) in [5.41, 5.74) is 0.529. The van der Waals surface area contributed by atoms with E-state index in [4.69, 9.17) is 0 Å². The molecule has 2 aliphatic heterocycles. The lowest BCUT2D eigenvalue weighted by atomic mass is 10.1. The Hall–Kier alpha value is -1.64. The predicted octanol–water partition coefficient (Wildman–Crippen LogP) is 1.57. The Balaban J connectivity index is 0.00000261. The lowest BCUT2D eigenvalue weighted by molar-refractivity contribution is -0.123. The molecule has 1 fully saturated rings. The third-order valence-electron chi connectivity index (χ3n) is 4.72. The normalized spacial score (nSPS) is 23.0. The summed E-state index contributed by atoms with van der Waals surface area (Å²) in [6.07, 6.45) is 4.38. The minimum Gasteiger partial charge on any atom is -0.350 e. The van der Waals surface area contributed by atoms with Crippen molar-refractivity contribution in [3.8, 4) is 0 Å². The van der Waals surface area contributed by atoms with Gasteiger partial charge in [-0.25, -0.2) is 8.42 Å². The number of carbonyl (C=O) groups is 1. The number of benzene rings is 1. The molecule has 0 radical (unpaired) electrons. The quantitative estimate of drug-likeness (QED) is 0.657. The third-order valence-corrected chi connectivity index (χ3v) is 6.12. The number of halogens is 1. The molecule has 1 aromatic rings. The lowest BCUT2D eigenvalue weighted by Crippen LogP contribution is -2.48. The highest BCUT2D eigenvalue weighted by Crippen LogP contribution is 2.23. The van der Waals surface area contributed by atoms with E-state index in [9.17, 15) is 13.2 Å². The van der Waals surface area contributed by atoms with Gasteiger partial charge in [0, 0.05) is 18.2 Å². The first kappa shape index (κ1) is 21.7. The number of fused-ring (bicyclic) bond motifs is 1. The van der Waals surface area contributed by atoms with Crippen LogP contribution in [0.2, 0.25) is 0 Å². The van der Waals surface area contributed by atoms with Gasteiger partial charge in [-0.1, -0.05) is 31.9 Å². The Bertz CT molecular complexity index is 792. The monoisotopic (exact) mass is 414 g/mol. The minimum absolute atomic E-state index is 0. The summed E-state index contributed by atoms with van der Waals surface area (Å²) in [7, 11) is -3.60. The van der Waals surface area contributed by atoms with Crippen LogP contribution in [0.25, 0.3) is 0 Å². The van der Waals surface area contributed by atoms with Crippen molar-refractivity contribution in [1.82, 2.24) is 15.4 Å². The molecule has 150 valence electrons. The number of aliphatic imine (C=N–C) groups is 1. The molecular weight excluding hydrogens is 388 g/mol. The highest BCUT2D eigenvalue weighted by atomic mass is 35.5. The number of nitrogens with zero attached hydrogens (tertiary/aromatic N) is 1. The zero-order chi connectivity index (χ0) is 18.6. The fourth-order valence-electron chi connectivity index (χ4n) is 3.31. The molecule has 9 heteroatoms. The molecule has 2 atom stereocenters. The molecule has 3 N–H and O–H groups in total. The van der Waals surface area contributed by atoms with E-state index in [1.165, 1.54) is 0 Å². The van der Waals surface area contributed by atoms with Gasteiger partial charge in [0.25, 0.3) is 10.0 Å². The molecular formula is C18H27ClN4O3S. The maximum atomic E-state index is 12.8. The van der Waals surface area contributed by atoms with Gasteiger partial charge in [-0.05, 0) is 37.9 Å². The van der Waals surface area contributed by atoms with Crippen molar-refractivity contribution < 1.29 is 13.2 Å². The summed E-state index contributed by atoms with van der Waals surface area (Å²) in [5, 5.41) is 6.34. The zero-order valence-corrected chi connectivity index (χ0v) is 17.0. The fraction of sp³-hybridized carbons (Fsp3) is 0.556. The molecule has 2 unspecified atom stereocenters. The number of nitrogens with one attached hydrogen (secondary N) is 3. The average Bonchev–Trinajstić information content (AvgIpc) is 2.90. The van der Waals surface area contributed by atoms with E-state index in [0.717, 1.165) is 38.8 Å². The van der Waals surface area contributed by atoms with E-state index in [0.29, 0.717) is 12.0 Å². The molecule has 7 nitrogen and oxygen atoms in total. The van der Waals surface area contributed by atoms with Crippen molar-refractivity contribution in [2.75, 3.05) is 13.1 Å². The van der Waals surface area contributed by atoms with Crippen molar-refractivity contribution >= 4 is 34.2 Å². The van der Waals surface area contributed by atoms with Gasteiger partial charge in [0.1, 0.15) is 11.9 Å². The number of sulfonamides is 1. The highest BCUT2D eigenvalue weighted by Gasteiger charge is 2.32. The van der Waals surface area contributed by atoms with Crippen molar-refractivity contribution in [3.05, 3.63) is 29.8 Å². The van der Waals surface area contributed by atoms with Crippen LogP contribution in [0.15, 0.2) is 34.2 Å². The van der Waals surface area contributed by atoms with Crippen molar-refractivity contribution in [2.24, 2.45) is 4.99 Å². The number of piperidine rings is 1. The first-order valence-corrected chi connectivity index (χ1v) is 10.7. The van der Waals surface area contributed by atoms with Gasteiger partial charge in [0.05, 0.1) is 4.90 Å². The van der Waals surface area contributed by atoms with Gasteiger partial charge >= 0.3 is 0 Å². The Morgan fingerprint density at radius 3 is 2.85 bits per heavy atom. The number of carbonyl (C=O) groups excluding carboxylic acids is 1. The first-order chi connectivity index (χ1) is 12.5. The maximum absolute atomic E-state index is 12.8. The second-order valence-corrected chi connectivity index (χ2v) is 8.44. The fourth-order valence-corrected chi connectivity index (χ4v) is 4.55.